The van der Waals surface area contributed by atoms with Gasteiger partial charge in [0.2, 0.25) is 0 Å². The van der Waals surface area contributed by atoms with Gasteiger partial charge >= 0.3 is 0 Å². The minimum absolute atomic E-state index is 0.0508. The Morgan fingerprint density at radius 2 is 0.750 bits per heavy atom. The van der Waals surface area contributed by atoms with Crippen LogP contribution in [0.2, 0.25) is 0 Å². The Morgan fingerprint density at radius 1 is 0.417 bits per heavy atom. The van der Waals surface area contributed by atoms with Gasteiger partial charge < -0.3 is 0 Å². The fraction of sp³-hybridized carbons (Fsp3) is 0.773. The lowest BCUT2D eigenvalue weighted by Gasteiger charge is -2.13. The topological polar surface area (TPSA) is 54.4 Å². The number of benzene rings is 2. The maximum Gasteiger partial charge on any atom is 0.294 e. The Kier molecular flexibility index (Phi) is 25.2. The molecule has 0 spiro atoms. The van der Waals surface area contributed by atoms with Gasteiger partial charge in [0.25, 0.3) is 10.1 Å². The summed E-state index contributed by atoms with van der Waals surface area (Å²) in [5.74, 6) is 0. The molecule has 0 radical (unpaired) electrons. The van der Waals surface area contributed by atoms with Crippen molar-refractivity contribution < 1.29 is 13.0 Å². The van der Waals surface area contributed by atoms with Crippen LogP contribution >= 0.6 is 0 Å². The zero-order valence-electron chi connectivity index (χ0n) is 31.7. The molecule has 2 aromatic carbocycles. The molecule has 0 saturated carbocycles. The minimum atomic E-state index is -4.24. The third-order valence-corrected chi connectivity index (χ3v) is 11.4. The highest BCUT2D eigenvalue weighted by Crippen LogP contribution is 2.29. The lowest BCUT2D eigenvalue weighted by atomic mass is 9.94. The van der Waals surface area contributed by atoms with E-state index >= 15 is 0 Å². The Balaban J connectivity index is 1.66. The third kappa shape index (κ3) is 20.3. The van der Waals surface area contributed by atoms with Crippen molar-refractivity contribution in [3.63, 3.8) is 0 Å². The molecular formula is C44H76O3S. The largest absolute Gasteiger partial charge is 0.294 e. The van der Waals surface area contributed by atoms with Crippen molar-refractivity contribution in [1.29, 1.82) is 0 Å². The summed E-state index contributed by atoms with van der Waals surface area (Å²) in [6.45, 7) is 4.57. The first-order valence-corrected chi connectivity index (χ1v) is 22.4. The van der Waals surface area contributed by atoms with E-state index in [1.807, 2.05) is 0 Å². The van der Waals surface area contributed by atoms with Gasteiger partial charge in [-0.05, 0) is 59.7 Å². The average molecular weight is 685 g/mol. The molecule has 0 atom stereocenters. The van der Waals surface area contributed by atoms with Gasteiger partial charge in [0.1, 0.15) is 0 Å². The summed E-state index contributed by atoms with van der Waals surface area (Å²) >= 11 is 0. The summed E-state index contributed by atoms with van der Waals surface area (Å²) in [6.07, 6.45) is 42.2. The smallest absolute Gasteiger partial charge is 0.282 e. The maximum atomic E-state index is 12.2. The Bertz CT molecular complexity index is 1160. The van der Waals surface area contributed by atoms with Crippen molar-refractivity contribution in [3.8, 4) is 0 Å². The van der Waals surface area contributed by atoms with Gasteiger partial charge in [-0.15, -0.1) is 0 Å². The van der Waals surface area contributed by atoms with Gasteiger partial charge in [0.15, 0.2) is 0 Å². The van der Waals surface area contributed by atoms with Crippen molar-refractivity contribution >= 4 is 20.9 Å². The molecule has 2 rings (SSSR count). The van der Waals surface area contributed by atoms with E-state index < -0.39 is 10.1 Å². The van der Waals surface area contributed by atoms with E-state index in [-0.39, 0.29) is 4.90 Å². The number of unbranched alkanes of at least 4 members (excludes halogenated alkanes) is 28. The molecule has 3 nitrogen and oxygen atoms in total. The number of fused-ring (bicyclic) bond motifs is 1. The molecule has 1 N–H and O–H groups in total. The second-order valence-corrected chi connectivity index (χ2v) is 16.4. The van der Waals surface area contributed by atoms with Gasteiger partial charge in [-0.1, -0.05) is 212 Å². The van der Waals surface area contributed by atoms with Crippen molar-refractivity contribution in [2.75, 3.05) is 0 Å². The molecule has 0 amide bonds. The van der Waals surface area contributed by atoms with Gasteiger partial charge in [-0.3, -0.25) is 4.55 Å². The molecule has 0 fully saturated rings. The van der Waals surface area contributed by atoms with Crippen molar-refractivity contribution in [1.82, 2.24) is 0 Å². The van der Waals surface area contributed by atoms with Crippen molar-refractivity contribution in [2.45, 2.75) is 224 Å². The van der Waals surface area contributed by atoms with E-state index in [0.717, 1.165) is 42.0 Å². The summed E-state index contributed by atoms with van der Waals surface area (Å²) in [5.41, 5.74) is 2.28. The van der Waals surface area contributed by atoms with E-state index in [4.69, 9.17) is 0 Å². The first-order valence-electron chi connectivity index (χ1n) is 21.0. The summed E-state index contributed by atoms with van der Waals surface area (Å²) < 4.78 is 34.4. The highest BCUT2D eigenvalue weighted by Gasteiger charge is 2.15. The van der Waals surface area contributed by atoms with Crippen LogP contribution in [0.1, 0.15) is 218 Å². The van der Waals surface area contributed by atoms with E-state index in [0.29, 0.717) is 0 Å². The van der Waals surface area contributed by atoms with Crippen LogP contribution in [0.3, 0.4) is 0 Å². The molecule has 48 heavy (non-hydrogen) atoms. The van der Waals surface area contributed by atoms with Crippen LogP contribution in [-0.4, -0.2) is 13.0 Å². The second-order valence-electron chi connectivity index (χ2n) is 15.0. The van der Waals surface area contributed by atoms with Crippen LogP contribution in [0.5, 0.6) is 0 Å². The highest BCUT2D eigenvalue weighted by molar-refractivity contribution is 7.85. The standard InChI is InChI=1S/C44H76O3S/c1-3-5-7-9-11-13-15-17-19-21-23-25-27-29-31-34-40-36-33-37-43-41(38-42(39-44(40)43)48(45,46)47)35-32-30-28-26-24-22-20-18-16-14-12-10-8-6-4-2/h33,36-39H,3-32,34-35H2,1-2H3,(H,45,46,47). The number of rotatable bonds is 33. The normalized spacial score (nSPS) is 12.0. The van der Waals surface area contributed by atoms with E-state index in [2.05, 4.69) is 32.0 Å². The summed E-state index contributed by atoms with van der Waals surface area (Å²) in [5, 5.41) is 2.17. The molecule has 0 bridgehead atoms. The van der Waals surface area contributed by atoms with Gasteiger partial charge in [0, 0.05) is 0 Å². The maximum absolute atomic E-state index is 12.2. The first kappa shape index (κ1) is 42.8. The first-order chi connectivity index (χ1) is 23.5. The SMILES string of the molecule is CCCCCCCCCCCCCCCCCc1cc(S(=O)(=O)O)cc2c(CCCCCCCCCCCCCCCCC)cccc12. The lowest BCUT2D eigenvalue weighted by molar-refractivity contribution is 0.483. The molecule has 2 aromatic rings. The van der Waals surface area contributed by atoms with Gasteiger partial charge in [0.05, 0.1) is 4.90 Å². The van der Waals surface area contributed by atoms with E-state index in [1.54, 1.807) is 12.1 Å². The summed E-state index contributed by atoms with van der Waals surface area (Å²) in [4.78, 5) is 0.0508. The molecule has 0 unspecified atom stereocenters. The van der Waals surface area contributed by atoms with Crippen LogP contribution < -0.4 is 0 Å². The highest BCUT2D eigenvalue weighted by atomic mass is 32.2. The number of aryl methyl sites for hydroxylation is 2. The van der Waals surface area contributed by atoms with Gasteiger partial charge in [-0.25, -0.2) is 0 Å². The molecular weight excluding hydrogens is 609 g/mol. The molecule has 0 saturated heterocycles. The fourth-order valence-electron chi connectivity index (χ4n) is 7.44. The average Bonchev–Trinajstić information content (AvgIpc) is 3.07. The zero-order valence-corrected chi connectivity index (χ0v) is 32.5. The second kappa shape index (κ2) is 28.3. The molecule has 4 heteroatoms. The van der Waals surface area contributed by atoms with Crippen LogP contribution in [0.15, 0.2) is 35.2 Å². The number of hydrogen-bond donors (Lipinski definition) is 1. The monoisotopic (exact) mass is 685 g/mol. The van der Waals surface area contributed by atoms with Crippen molar-refractivity contribution in [2.24, 2.45) is 0 Å². The van der Waals surface area contributed by atoms with Crippen LogP contribution in [0.25, 0.3) is 10.8 Å². The Morgan fingerprint density at radius 3 is 1.10 bits per heavy atom. The quantitative estimate of drug-likeness (QED) is 0.0601. The molecule has 0 aliphatic rings. The Labute approximate surface area is 298 Å². The molecule has 0 heterocycles. The summed E-state index contributed by atoms with van der Waals surface area (Å²) in [6, 6.07) is 9.85. The third-order valence-electron chi connectivity index (χ3n) is 10.5. The van der Waals surface area contributed by atoms with Gasteiger partial charge in [-0.2, -0.15) is 8.42 Å². The molecule has 276 valence electrons. The van der Waals surface area contributed by atoms with E-state index in [9.17, 15) is 13.0 Å². The van der Waals surface area contributed by atoms with Crippen LogP contribution in [0.4, 0.5) is 0 Å². The van der Waals surface area contributed by atoms with Crippen molar-refractivity contribution in [3.05, 3.63) is 41.5 Å². The fourth-order valence-corrected chi connectivity index (χ4v) is 8.00. The van der Waals surface area contributed by atoms with E-state index in [1.165, 1.54) is 185 Å². The summed E-state index contributed by atoms with van der Waals surface area (Å²) in [7, 11) is -4.24. The predicted octanol–water partition coefficient (Wildman–Crippen LogP) is 14.9. The minimum Gasteiger partial charge on any atom is -0.282 e. The molecule has 0 aliphatic heterocycles. The van der Waals surface area contributed by atoms with Crippen LogP contribution in [0, 0.1) is 0 Å². The zero-order chi connectivity index (χ0) is 34.5. The van der Waals surface area contributed by atoms with Crippen LogP contribution in [-0.2, 0) is 23.0 Å². The Hall–Kier alpha value is -1.39. The lowest BCUT2D eigenvalue weighted by Crippen LogP contribution is -2.01. The number of hydrogen-bond acceptors (Lipinski definition) is 2. The molecule has 0 aromatic heterocycles. The molecule has 0 aliphatic carbocycles. The predicted molar refractivity (Wildman–Crippen MR) is 211 cm³/mol.